The molecule has 0 saturated heterocycles. The molecule has 1 aromatic carbocycles. The molecule has 0 saturated carbocycles. The molecule has 22 heavy (non-hydrogen) atoms. The molecule has 112 valence electrons. The van der Waals surface area contributed by atoms with E-state index in [1.807, 2.05) is 36.4 Å². The number of carbonyl (C=O) groups excluding carboxylic acids is 1. The largest absolute Gasteiger partial charge is 0.402 e. The summed E-state index contributed by atoms with van der Waals surface area (Å²) in [4.78, 5) is 17.2. The normalized spacial score (nSPS) is 16.3. The summed E-state index contributed by atoms with van der Waals surface area (Å²) in [7, 11) is 0. The van der Waals surface area contributed by atoms with Gasteiger partial charge in [0.25, 0.3) is 0 Å². The van der Waals surface area contributed by atoms with Gasteiger partial charge >= 0.3 is 5.97 Å². The molecule has 1 aromatic heterocycles. The molecular formula is C17H14BrNO2S. The molecule has 1 aliphatic heterocycles. The molecule has 1 aliphatic rings. The van der Waals surface area contributed by atoms with Crippen LogP contribution in [0.5, 0.6) is 0 Å². The zero-order valence-corrected chi connectivity index (χ0v) is 14.6. The molecule has 3 nitrogen and oxygen atoms in total. The van der Waals surface area contributed by atoms with Crippen molar-refractivity contribution >= 4 is 45.2 Å². The molecule has 0 N–H and O–H groups in total. The molecule has 0 radical (unpaired) electrons. The molecular weight excluding hydrogens is 362 g/mol. The Balaban J connectivity index is 1.87. The number of cyclic esters (lactones) is 1. The number of benzene rings is 1. The van der Waals surface area contributed by atoms with Crippen molar-refractivity contribution in [1.82, 2.24) is 0 Å². The SMILES string of the molecule is CC(C)c1ccc(C2=N/C(=C/c3ccc(Br)s3)C(=O)O2)cc1. The number of thiophene rings is 1. The molecule has 2 heterocycles. The minimum atomic E-state index is -0.410. The highest BCUT2D eigenvalue weighted by Gasteiger charge is 2.24. The van der Waals surface area contributed by atoms with Crippen molar-refractivity contribution < 1.29 is 9.53 Å². The van der Waals surface area contributed by atoms with Gasteiger partial charge in [0.1, 0.15) is 0 Å². The Kier molecular flexibility index (Phi) is 4.27. The maximum absolute atomic E-state index is 11.9. The van der Waals surface area contributed by atoms with Crippen LogP contribution in [0.25, 0.3) is 6.08 Å². The molecule has 0 atom stereocenters. The molecule has 2 aromatic rings. The van der Waals surface area contributed by atoms with Crippen molar-refractivity contribution in [3.63, 3.8) is 0 Å². The highest BCUT2D eigenvalue weighted by atomic mass is 79.9. The molecule has 3 rings (SSSR count). The Morgan fingerprint density at radius 2 is 1.91 bits per heavy atom. The Morgan fingerprint density at radius 3 is 2.50 bits per heavy atom. The summed E-state index contributed by atoms with van der Waals surface area (Å²) in [5.74, 6) is 0.421. The predicted octanol–water partition coefficient (Wildman–Crippen LogP) is 4.98. The molecule has 0 aliphatic carbocycles. The minimum absolute atomic E-state index is 0.331. The minimum Gasteiger partial charge on any atom is -0.402 e. The van der Waals surface area contributed by atoms with Crippen LogP contribution in [0, 0.1) is 0 Å². The van der Waals surface area contributed by atoms with Crippen molar-refractivity contribution in [2.75, 3.05) is 0 Å². The number of esters is 1. The standard InChI is InChI=1S/C17H14BrNO2S/c1-10(2)11-3-5-12(6-4-11)16-19-14(17(20)21-16)9-13-7-8-15(18)22-13/h3-10H,1-2H3/b14-9+. The average Bonchev–Trinajstić information content (AvgIpc) is 3.06. The molecule has 0 spiro atoms. The van der Waals surface area contributed by atoms with Gasteiger partial charge in [-0.15, -0.1) is 11.3 Å². The summed E-state index contributed by atoms with van der Waals surface area (Å²) < 4.78 is 6.29. The Bertz CT molecular complexity index is 772. The van der Waals surface area contributed by atoms with Crippen molar-refractivity contribution in [2.24, 2.45) is 4.99 Å². The molecule has 5 heteroatoms. The number of halogens is 1. The Hall–Kier alpha value is -1.72. The van der Waals surface area contributed by atoms with Gasteiger partial charge in [0.2, 0.25) is 5.90 Å². The summed E-state index contributed by atoms with van der Waals surface area (Å²) in [5.41, 5.74) is 2.39. The van der Waals surface area contributed by atoms with Crippen molar-refractivity contribution in [3.8, 4) is 0 Å². The van der Waals surface area contributed by atoms with E-state index in [9.17, 15) is 4.79 Å². The van der Waals surface area contributed by atoms with Gasteiger partial charge in [0.05, 0.1) is 3.79 Å². The maximum Gasteiger partial charge on any atom is 0.363 e. The zero-order chi connectivity index (χ0) is 15.7. The van der Waals surface area contributed by atoms with E-state index in [1.54, 1.807) is 17.4 Å². The van der Waals surface area contributed by atoms with Crippen molar-refractivity contribution in [1.29, 1.82) is 0 Å². The first-order chi connectivity index (χ1) is 10.5. The van der Waals surface area contributed by atoms with Crippen LogP contribution in [0.2, 0.25) is 0 Å². The summed E-state index contributed by atoms with van der Waals surface area (Å²) in [6, 6.07) is 11.8. The summed E-state index contributed by atoms with van der Waals surface area (Å²) in [6.45, 7) is 4.28. The second-order valence-electron chi connectivity index (χ2n) is 5.25. The quantitative estimate of drug-likeness (QED) is 0.560. The number of hydrogen-bond donors (Lipinski definition) is 0. The lowest BCUT2D eigenvalue weighted by Gasteiger charge is -2.05. The first-order valence-electron chi connectivity index (χ1n) is 6.91. The number of aliphatic imine (C=N–C) groups is 1. The summed E-state index contributed by atoms with van der Waals surface area (Å²) in [5, 5.41) is 0. The van der Waals surface area contributed by atoms with E-state index < -0.39 is 5.97 Å². The number of carbonyl (C=O) groups is 1. The monoisotopic (exact) mass is 375 g/mol. The lowest BCUT2D eigenvalue weighted by atomic mass is 10.0. The first kappa shape index (κ1) is 15.2. The fraction of sp³-hybridized carbons (Fsp3) is 0.176. The number of hydrogen-bond acceptors (Lipinski definition) is 4. The van der Waals surface area contributed by atoms with Crippen LogP contribution in [0.15, 0.2) is 50.9 Å². The van der Waals surface area contributed by atoms with E-state index in [1.165, 1.54) is 5.56 Å². The van der Waals surface area contributed by atoms with Gasteiger partial charge in [-0.1, -0.05) is 26.0 Å². The Morgan fingerprint density at radius 1 is 1.18 bits per heavy atom. The average molecular weight is 376 g/mol. The van der Waals surface area contributed by atoms with Gasteiger partial charge in [-0.25, -0.2) is 9.79 Å². The lowest BCUT2D eigenvalue weighted by Crippen LogP contribution is -2.05. The van der Waals surface area contributed by atoms with Crippen LogP contribution < -0.4 is 0 Å². The van der Waals surface area contributed by atoms with Crippen LogP contribution >= 0.6 is 27.3 Å². The number of nitrogens with zero attached hydrogens (tertiary/aromatic N) is 1. The van der Waals surface area contributed by atoms with Crippen LogP contribution in [0.3, 0.4) is 0 Å². The van der Waals surface area contributed by atoms with E-state index in [-0.39, 0.29) is 0 Å². The van der Waals surface area contributed by atoms with Crippen LogP contribution in [-0.4, -0.2) is 11.9 Å². The first-order valence-corrected chi connectivity index (χ1v) is 8.52. The highest BCUT2D eigenvalue weighted by molar-refractivity contribution is 9.11. The molecule has 0 unspecified atom stereocenters. The van der Waals surface area contributed by atoms with Gasteiger partial charge in [-0.3, -0.25) is 0 Å². The topological polar surface area (TPSA) is 38.7 Å². The van der Waals surface area contributed by atoms with Gasteiger partial charge in [-0.05, 0) is 57.8 Å². The van der Waals surface area contributed by atoms with Crippen molar-refractivity contribution in [2.45, 2.75) is 19.8 Å². The third kappa shape index (κ3) is 3.20. The fourth-order valence-electron chi connectivity index (χ4n) is 2.08. The third-order valence-corrected chi connectivity index (χ3v) is 4.89. The second-order valence-corrected chi connectivity index (χ2v) is 7.75. The van der Waals surface area contributed by atoms with Gasteiger partial charge in [0.15, 0.2) is 5.70 Å². The van der Waals surface area contributed by atoms with Crippen LogP contribution in [-0.2, 0) is 9.53 Å². The van der Waals surface area contributed by atoms with E-state index in [0.29, 0.717) is 17.5 Å². The summed E-state index contributed by atoms with van der Waals surface area (Å²) >= 11 is 4.94. The highest BCUT2D eigenvalue weighted by Crippen LogP contribution is 2.26. The maximum atomic E-state index is 11.9. The lowest BCUT2D eigenvalue weighted by molar-refractivity contribution is -0.129. The van der Waals surface area contributed by atoms with Crippen LogP contribution in [0.4, 0.5) is 0 Å². The second kappa shape index (κ2) is 6.18. The van der Waals surface area contributed by atoms with Gasteiger partial charge < -0.3 is 4.74 Å². The number of rotatable bonds is 3. The fourth-order valence-corrected chi connectivity index (χ4v) is 3.44. The number of ether oxygens (including phenoxy) is 1. The van der Waals surface area contributed by atoms with Crippen LogP contribution in [0.1, 0.15) is 35.8 Å². The third-order valence-electron chi connectivity index (χ3n) is 3.32. The van der Waals surface area contributed by atoms with E-state index in [4.69, 9.17) is 4.74 Å². The molecule has 0 bridgehead atoms. The van der Waals surface area contributed by atoms with Crippen molar-refractivity contribution in [3.05, 3.63) is 61.9 Å². The van der Waals surface area contributed by atoms with E-state index in [2.05, 4.69) is 34.8 Å². The smallest absolute Gasteiger partial charge is 0.363 e. The van der Waals surface area contributed by atoms with E-state index in [0.717, 1.165) is 14.2 Å². The summed E-state index contributed by atoms with van der Waals surface area (Å²) in [6.07, 6.45) is 1.74. The Labute approximate surface area is 141 Å². The van der Waals surface area contributed by atoms with E-state index >= 15 is 0 Å². The predicted molar refractivity (Wildman–Crippen MR) is 93.2 cm³/mol. The molecule has 0 fully saturated rings. The molecule has 0 amide bonds. The van der Waals surface area contributed by atoms with Gasteiger partial charge in [0, 0.05) is 10.4 Å². The van der Waals surface area contributed by atoms with Gasteiger partial charge in [-0.2, -0.15) is 0 Å². The zero-order valence-electron chi connectivity index (χ0n) is 12.2.